The zero-order chi connectivity index (χ0) is 18.2. The molecule has 1 aliphatic carbocycles. The van der Waals surface area contributed by atoms with Crippen LogP contribution in [0.3, 0.4) is 0 Å². The number of likely N-dealkylation sites (tertiary alicyclic amines) is 1. The van der Waals surface area contributed by atoms with Gasteiger partial charge in [-0.25, -0.2) is 0 Å². The normalized spacial score (nSPS) is 20.8. The maximum absolute atomic E-state index is 11.6. The molecule has 1 unspecified atom stereocenters. The van der Waals surface area contributed by atoms with Gasteiger partial charge in [-0.15, -0.1) is 0 Å². The molecule has 0 bridgehead atoms. The van der Waals surface area contributed by atoms with Crippen molar-refractivity contribution < 1.29 is 4.79 Å². The van der Waals surface area contributed by atoms with Crippen LogP contribution in [0.15, 0.2) is 35.3 Å². The summed E-state index contributed by atoms with van der Waals surface area (Å²) >= 11 is 0. The third kappa shape index (κ3) is 5.73. The summed E-state index contributed by atoms with van der Waals surface area (Å²) in [5, 5.41) is 9.68. The second-order valence-corrected chi connectivity index (χ2v) is 7.20. The lowest BCUT2D eigenvalue weighted by Gasteiger charge is -2.25. The van der Waals surface area contributed by atoms with Crippen molar-refractivity contribution in [2.24, 2.45) is 10.9 Å². The van der Waals surface area contributed by atoms with Crippen LogP contribution < -0.4 is 16.0 Å². The van der Waals surface area contributed by atoms with Crippen LogP contribution >= 0.6 is 0 Å². The fourth-order valence-corrected chi connectivity index (χ4v) is 3.44. The molecule has 1 heterocycles. The third-order valence-electron chi connectivity index (χ3n) is 5.12. The zero-order valence-corrected chi connectivity index (χ0v) is 15.7. The van der Waals surface area contributed by atoms with Crippen molar-refractivity contribution in [3.8, 4) is 0 Å². The molecule has 26 heavy (non-hydrogen) atoms. The average molecular weight is 358 g/mol. The van der Waals surface area contributed by atoms with E-state index in [1.807, 2.05) is 0 Å². The van der Waals surface area contributed by atoms with E-state index in [1.165, 1.54) is 18.4 Å². The predicted molar refractivity (Wildman–Crippen MR) is 105 cm³/mol. The summed E-state index contributed by atoms with van der Waals surface area (Å²) in [6, 6.07) is 11.2. The monoisotopic (exact) mass is 357 g/mol. The second kappa shape index (κ2) is 9.57. The summed E-state index contributed by atoms with van der Waals surface area (Å²) in [4.78, 5) is 18.4. The smallest absolute Gasteiger partial charge is 0.223 e. The Bertz CT molecular complexity index is 599. The van der Waals surface area contributed by atoms with Crippen LogP contribution in [0.25, 0.3) is 0 Å². The minimum atomic E-state index is 0.192. The van der Waals surface area contributed by atoms with Gasteiger partial charge in [-0.2, -0.15) is 0 Å². The Balaban J connectivity index is 1.36. The summed E-state index contributed by atoms with van der Waals surface area (Å²) < 4.78 is 0. The van der Waals surface area contributed by atoms with Crippen molar-refractivity contribution in [3.05, 3.63) is 35.9 Å². The van der Waals surface area contributed by atoms with Gasteiger partial charge in [0.05, 0.1) is 0 Å². The Morgan fingerprint density at radius 2 is 1.88 bits per heavy atom. The van der Waals surface area contributed by atoms with E-state index in [9.17, 15) is 4.79 Å². The van der Waals surface area contributed by atoms with E-state index in [0.29, 0.717) is 19.1 Å². The minimum absolute atomic E-state index is 0.192. The molecule has 6 nitrogen and oxygen atoms in total. The number of carbonyl (C=O) groups is 1. The van der Waals surface area contributed by atoms with Gasteiger partial charge in [0, 0.05) is 45.2 Å². The Kier molecular flexibility index (Phi) is 6.89. The number of benzene rings is 1. The molecular formula is C20H31N5O. The number of aliphatic imine (C=N–C) groups is 1. The molecule has 1 aromatic carbocycles. The van der Waals surface area contributed by atoms with Gasteiger partial charge in [-0.1, -0.05) is 30.3 Å². The topological polar surface area (TPSA) is 68.8 Å². The lowest BCUT2D eigenvalue weighted by Crippen LogP contribution is -2.46. The van der Waals surface area contributed by atoms with Crippen LogP contribution in [-0.2, 0) is 11.3 Å². The summed E-state index contributed by atoms with van der Waals surface area (Å²) in [5.74, 6) is 1.26. The molecule has 0 aromatic heterocycles. The van der Waals surface area contributed by atoms with Crippen LogP contribution in [0, 0.1) is 5.92 Å². The van der Waals surface area contributed by atoms with Crippen molar-refractivity contribution in [2.75, 3.05) is 33.2 Å². The van der Waals surface area contributed by atoms with Crippen LogP contribution in [0.5, 0.6) is 0 Å². The quantitative estimate of drug-likeness (QED) is 0.373. The fraction of sp³-hybridized carbons (Fsp3) is 0.600. The maximum Gasteiger partial charge on any atom is 0.223 e. The van der Waals surface area contributed by atoms with Crippen molar-refractivity contribution in [1.82, 2.24) is 20.9 Å². The van der Waals surface area contributed by atoms with Gasteiger partial charge in [-0.3, -0.25) is 14.7 Å². The number of rotatable bonds is 8. The maximum atomic E-state index is 11.6. The zero-order valence-electron chi connectivity index (χ0n) is 15.7. The third-order valence-corrected chi connectivity index (χ3v) is 5.12. The van der Waals surface area contributed by atoms with E-state index in [2.05, 4.69) is 56.2 Å². The highest BCUT2D eigenvalue weighted by atomic mass is 16.2. The van der Waals surface area contributed by atoms with Crippen molar-refractivity contribution in [2.45, 2.75) is 38.3 Å². The molecule has 0 radical (unpaired) electrons. The van der Waals surface area contributed by atoms with Crippen LogP contribution in [0.2, 0.25) is 0 Å². The molecule has 2 aliphatic rings. The van der Waals surface area contributed by atoms with E-state index in [-0.39, 0.29) is 11.8 Å². The Morgan fingerprint density at radius 3 is 2.62 bits per heavy atom. The fourth-order valence-electron chi connectivity index (χ4n) is 3.44. The number of guanidine groups is 1. The summed E-state index contributed by atoms with van der Waals surface area (Å²) in [5.41, 5.74) is 1.37. The van der Waals surface area contributed by atoms with Gasteiger partial charge in [0.1, 0.15) is 0 Å². The molecule has 3 N–H and O–H groups in total. The van der Waals surface area contributed by atoms with E-state index >= 15 is 0 Å². The molecule has 1 amide bonds. The van der Waals surface area contributed by atoms with Gasteiger partial charge in [-0.05, 0) is 37.8 Å². The van der Waals surface area contributed by atoms with Gasteiger partial charge >= 0.3 is 0 Å². The van der Waals surface area contributed by atoms with Gasteiger partial charge in [0.15, 0.2) is 5.96 Å². The second-order valence-electron chi connectivity index (χ2n) is 7.20. The molecule has 1 atom stereocenters. The van der Waals surface area contributed by atoms with E-state index in [0.717, 1.165) is 38.4 Å². The Hall–Kier alpha value is -2.08. The molecular weight excluding hydrogens is 326 g/mol. The summed E-state index contributed by atoms with van der Waals surface area (Å²) in [6.07, 6.45) is 4.55. The summed E-state index contributed by atoms with van der Waals surface area (Å²) in [6.45, 7) is 4.38. The number of hydrogen-bond donors (Lipinski definition) is 3. The lowest BCUT2D eigenvalue weighted by atomic mass is 10.2. The standard InChI is InChI=1S/C20H31N5O/c1-21-20(23-12-11-22-19(26)17-9-10-17)24-14-18-8-5-13-25(18)15-16-6-3-2-4-7-16/h2-4,6-7,17-18H,5,8-15H2,1H3,(H,22,26)(H2,21,23,24). The largest absolute Gasteiger partial charge is 0.355 e. The van der Waals surface area contributed by atoms with Gasteiger partial charge in [0.2, 0.25) is 5.91 Å². The highest BCUT2D eigenvalue weighted by Crippen LogP contribution is 2.28. The summed E-state index contributed by atoms with van der Waals surface area (Å²) in [7, 11) is 1.79. The first-order valence-corrected chi connectivity index (χ1v) is 9.76. The van der Waals surface area contributed by atoms with Gasteiger partial charge < -0.3 is 16.0 Å². The first-order chi connectivity index (χ1) is 12.8. The number of nitrogens with one attached hydrogen (secondary N) is 3. The first-order valence-electron chi connectivity index (χ1n) is 9.76. The molecule has 2 fully saturated rings. The van der Waals surface area contributed by atoms with E-state index < -0.39 is 0 Å². The molecule has 0 spiro atoms. The predicted octanol–water partition coefficient (Wildman–Crippen LogP) is 1.34. The molecule has 1 aromatic rings. The van der Waals surface area contributed by atoms with E-state index in [4.69, 9.17) is 0 Å². The van der Waals surface area contributed by atoms with Crippen LogP contribution in [0.1, 0.15) is 31.2 Å². The van der Waals surface area contributed by atoms with Crippen molar-refractivity contribution >= 4 is 11.9 Å². The number of nitrogens with zero attached hydrogens (tertiary/aromatic N) is 2. The first kappa shape index (κ1) is 18.7. The highest BCUT2D eigenvalue weighted by molar-refractivity contribution is 5.81. The van der Waals surface area contributed by atoms with Crippen molar-refractivity contribution in [1.29, 1.82) is 0 Å². The van der Waals surface area contributed by atoms with Crippen LogP contribution in [-0.4, -0.2) is 56.0 Å². The molecule has 6 heteroatoms. The molecule has 3 rings (SSSR count). The van der Waals surface area contributed by atoms with Crippen molar-refractivity contribution in [3.63, 3.8) is 0 Å². The Labute approximate surface area is 156 Å². The minimum Gasteiger partial charge on any atom is -0.355 e. The molecule has 142 valence electrons. The number of amides is 1. The SMILES string of the molecule is CN=C(NCCNC(=O)C1CC1)NCC1CCCN1Cc1ccccc1. The molecule has 1 aliphatic heterocycles. The number of carbonyl (C=O) groups excluding carboxylic acids is 1. The highest BCUT2D eigenvalue weighted by Gasteiger charge is 2.29. The van der Waals surface area contributed by atoms with Crippen LogP contribution in [0.4, 0.5) is 0 Å². The van der Waals surface area contributed by atoms with Gasteiger partial charge in [0.25, 0.3) is 0 Å². The lowest BCUT2D eigenvalue weighted by molar-refractivity contribution is -0.122. The molecule has 1 saturated carbocycles. The molecule has 1 saturated heterocycles. The Morgan fingerprint density at radius 1 is 1.12 bits per heavy atom. The number of hydrogen-bond acceptors (Lipinski definition) is 3. The van der Waals surface area contributed by atoms with E-state index in [1.54, 1.807) is 7.05 Å². The average Bonchev–Trinajstić information content (AvgIpc) is 3.43.